The minimum Gasteiger partial charge on any atom is -0.445 e. The number of ether oxygens (including phenoxy) is 2. The number of hydrogen-bond donors (Lipinski definition) is 1. The lowest BCUT2D eigenvalue weighted by atomic mass is 9.95. The fourth-order valence-electron chi connectivity index (χ4n) is 4.11. The Morgan fingerprint density at radius 3 is 2.49 bits per heavy atom. The van der Waals surface area contributed by atoms with Gasteiger partial charge in [-0.25, -0.2) is 17.9 Å². The third-order valence-corrected chi connectivity index (χ3v) is 8.27. The molecule has 0 aliphatic carbocycles. The first-order valence-corrected chi connectivity index (χ1v) is 14.0. The van der Waals surface area contributed by atoms with Crippen LogP contribution in [0.3, 0.4) is 0 Å². The number of nitrogens with zero attached hydrogens (tertiary/aromatic N) is 1. The van der Waals surface area contributed by atoms with Crippen molar-refractivity contribution in [3.05, 3.63) is 100 Å². The molecule has 1 saturated heterocycles. The summed E-state index contributed by atoms with van der Waals surface area (Å²) in [7, 11) is -4.08. The molecule has 0 bridgehead atoms. The fraction of sp³-hybridized carbons (Fsp3) is 0.259. The van der Waals surface area contributed by atoms with Gasteiger partial charge < -0.3 is 14.4 Å². The number of nitrogens with one attached hydrogen (secondary N) is 1. The van der Waals surface area contributed by atoms with Gasteiger partial charge in [0.05, 0.1) is 13.2 Å². The number of amides is 2. The molecule has 37 heavy (non-hydrogen) atoms. The molecule has 1 fully saturated rings. The maximum Gasteiger partial charge on any atom is 0.410 e. The van der Waals surface area contributed by atoms with E-state index in [4.69, 9.17) is 9.47 Å². The summed E-state index contributed by atoms with van der Waals surface area (Å²) in [4.78, 5) is 27.4. The third kappa shape index (κ3) is 7.18. The summed E-state index contributed by atoms with van der Waals surface area (Å²) >= 11 is 3.22. The van der Waals surface area contributed by atoms with Crippen molar-refractivity contribution in [2.24, 2.45) is 5.92 Å². The Morgan fingerprint density at radius 2 is 1.70 bits per heavy atom. The van der Waals surface area contributed by atoms with Crippen LogP contribution in [0.2, 0.25) is 0 Å². The standard InChI is InChI=1S/C27H27BrN2O6S/c28-24-12-6-7-13-25(24)37(33,34)29-26(31)23-11-5-4-10-22(23)16-21-17-30(14-15-35-18-21)27(32)36-19-20-8-2-1-3-9-20/h1-13,21H,14-19H2,(H,29,31). The summed E-state index contributed by atoms with van der Waals surface area (Å²) in [6.07, 6.45) is -0.00821. The van der Waals surface area contributed by atoms with Crippen LogP contribution in [-0.2, 0) is 32.5 Å². The Kier molecular flexibility index (Phi) is 8.96. The molecule has 8 nitrogen and oxygen atoms in total. The topological polar surface area (TPSA) is 102 Å². The second kappa shape index (κ2) is 12.4. The van der Waals surface area contributed by atoms with E-state index in [0.717, 1.165) is 5.56 Å². The molecule has 1 aliphatic rings. The van der Waals surface area contributed by atoms with Gasteiger partial charge in [-0.15, -0.1) is 0 Å². The fourth-order valence-corrected chi connectivity index (χ4v) is 6.08. The van der Waals surface area contributed by atoms with E-state index in [1.807, 2.05) is 30.3 Å². The van der Waals surface area contributed by atoms with E-state index < -0.39 is 22.0 Å². The number of carbonyl (C=O) groups excluding carboxylic acids is 2. The Balaban J connectivity index is 1.43. The highest BCUT2D eigenvalue weighted by Crippen LogP contribution is 2.22. The second-order valence-electron chi connectivity index (χ2n) is 8.65. The number of benzene rings is 3. The molecule has 1 N–H and O–H groups in total. The Morgan fingerprint density at radius 1 is 1.00 bits per heavy atom. The van der Waals surface area contributed by atoms with E-state index in [-0.39, 0.29) is 23.0 Å². The van der Waals surface area contributed by atoms with Crippen molar-refractivity contribution < 1.29 is 27.5 Å². The lowest BCUT2D eigenvalue weighted by molar-refractivity contribution is 0.0914. The van der Waals surface area contributed by atoms with Crippen molar-refractivity contribution in [2.45, 2.75) is 17.9 Å². The molecule has 0 aromatic heterocycles. The van der Waals surface area contributed by atoms with Crippen LogP contribution in [0.1, 0.15) is 21.5 Å². The maximum absolute atomic E-state index is 13.0. The Bertz CT molecular complexity index is 1350. The molecule has 3 aromatic rings. The molecule has 1 atom stereocenters. The first-order chi connectivity index (χ1) is 17.8. The molecule has 0 radical (unpaired) electrons. The van der Waals surface area contributed by atoms with Crippen LogP contribution in [-0.4, -0.2) is 51.6 Å². The molecular weight excluding hydrogens is 560 g/mol. The molecule has 2 amide bonds. The molecule has 1 heterocycles. The molecule has 0 spiro atoms. The summed E-state index contributed by atoms with van der Waals surface area (Å²) in [6.45, 7) is 1.74. The zero-order valence-corrected chi connectivity index (χ0v) is 22.4. The smallest absolute Gasteiger partial charge is 0.410 e. The van der Waals surface area contributed by atoms with Crippen LogP contribution in [0.25, 0.3) is 0 Å². The van der Waals surface area contributed by atoms with Gasteiger partial charge in [-0.3, -0.25) is 4.79 Å². The number of halogens is 1. The SMILES string of the molecule is O=C(NS(=O)(=O)c1ccccc1Br)c1ccccc1CC1COCCN(C(=O)OCc2ccccc2)C1. The summed E-state index contributed by atoms with van der Waals surface area (Å²) in [6, 6.07) is 22.6. The minimum absolute atomic E-state index is 0.0253. The summed E-state index contributed by atoms with van der Waals surface area (Å²) in [5.41, 5.74) is 1.81. The highest BCUT2D eigenvalue weighted by atomic mass is 79.9. The highest BCUT2D eigenvalue weighted by molar-refractivity contribution is 9.10. The molecule has 10 heteroatoms. The van der Waals surface area contributed by atoms with Crippen molar-refractivity contribution in [1.82, 2.24) is 9.62 Å². The van der Waals surface area contributed by atoms with Gasteiger partial charge in [0.25, 0.3) is 15.9 Å². The third-order valence-electron chi connectivity index (χ3n) is 5.92. The lowest BCUT2D eigenvalue weighted by Crippen LogP contribution is -2.37. The molecule has 3 aromatic carbocycles. The molecular formula is C27H27BrN2O6S. The van der Waals surface area contributed by atoms with Gasteiger partial charge in [0.2, 0.25) is 0 Å². The van der Waals surface area contributed by atoms with Crippen LogP contribution in [0, 0.1) is 5.92 Å². The van der Waals surface area contributed by atoms with Crippen molar-refractivity contribution in [1.29, 1.82) is 0 Å². The molecule has 0 saturated carbocycles. The number of carbonyl (C=O) groups is 2. The lowest BCUT2D eigenvalue weighted by Gasteiger charge is -2.23. The van der Waals surface area contributed by atoms with Crippen LogP contribution < -0.4 is 4.72 Å². The van der Waals surface area contributed by atoms with E-state index in [1.54, 1.807) is 47.4 Å². The predicted octanol–water partition coefficient (Wildman–Crippen LogP) is 4.40. The van der Waals surface area contributed by atoms with Crippen LogP contribution >= 0.6 is 15.9 Å². The van der Waals surface area contributed by atoms with Crippen molar-refractivity contribution >= 4 is 38.0 Å². The summed E-state index contributed by atoms with van der Waals surface area (Å²) < 4.78 is 39.4. The van der Waals surface area contributed by atoms with E-state index in [2.05, 4.69) is 20.7 Å². The highest BCUT2D eigenvalue weighted by Gasteiger charge is 2.27. The number of hydrogen-bond acceptors (Lipinski definition) is 6. The van der Waals surface area contributed by atoms with Crippen LogP contribution in [0.5, 0.6) is 0 Å². The van der Waals surface area contributed by atoms with Gasteiger partial charge in [-0.2, -0.15) is 0 Å². The quantitative estimate of drug-likeness (QED) is 0.440. The summed E-state index contributed by atoms with van der Waals surface area (Å²) in [5.74, 6) is -0.833. The maximum atomic E-state index is 13.0. The van der Waals surface area contributed by atoms with Crippen LogP contribution in [0.15, 0.2) is 88.2 Å². The van der Waals surface area contributed by atoms with Gasteiger partial charge in [-0.05, 0) is 51.7 Å². The van der Waals surface area contributed by atoms with Crippen molar-refractivity contribution in [3.63, 3.8) is 0 Å². The van der Waals surface area contributed by atoms with Gasteiger partial charge >= 0.3 is 6.09 Å². The average molecular weight is 587 g/mol. The van der Waals surface area contributed by atoms with E-state index in [1.165, 1.54) is 6.07 Å². The average Bonchev–Trinajstić information content (AvgIpc) is 3.14. The molecule has 1 aliphatic heterocycles. The molecule has 194 valence electrons. The monoisotopic (exact) mass is 586 g/mol. The van der Waals surface area contributed by atoms with Gasteiger partial charge in [-0.1, -0.05) is 60.7 Å². The Labute approximate surface area is 224 Å². The van der Waals surface area contributed by atoms with Crippen molar-refractivity contribution in [2.75, 3.05) is 26.3 Å². The minimum atomic E-state index is -4.08. The van der Waals surface area contributed by atoms with E-state index >= 15 is 0 Å². The number of sulfonamides is 1. The second-order valence-corrected chi connectivity index (χ2v) is 11.2. The van der Waals surface area contributed by atoms with Gasteiger partial charge in [0.15, 0.2) is 0 Å². The van der Waals surface area contributed by atoms with Crippen LogP contribution in [0.4, 0.5) is 4.79 Å². The zero-order valence-electron chi connectivity index (χ0n) is 20.0. The predicted molar refractivity (Wildman–Crippen MR) is 141 cm³/mol. The number of rotatable bonds is 7. The first kappa shape index (κ1) is 26.8. The van der Waals surface area contributed by atoms with Gasteiger partial charge in [0.1, 0.15) is 11.5 Å². The normalized spacial score (nSPS) is 16.0. The zero-order chi connectivity index (χ0) is 26.3. The van der Waals surface area contributed by atoms with E-state index in [0.29, 0.717) is 42.8 Å². The van der Waals surface area contributed by atoms with Gasteiger partial charge in [0, 0.05) is 29.0 Å². The molecule has 1 unspecified atom stereocenters. The first-order valence-electron chi connectivity index (χ1n) is 11.8. The van der Waals surface area contributed by atoms with Crippen molar-refractivity contribution in [3.8, 4) is 0 Å². The summed E-state index contributed by atoms with van der Waals surface area (Å²) in [5, 5.41) is 0. The largest absolute Gasteiger partial charge is 0.445 e. The van der Waals surface area contributed by atoms with E-state index in [9.17, 15) is 18.0 Å². The molecule has 4 rings (SSSR count). The Hall–Kier alpha value is -3.21.